The molecule has 0 aliphatic rings. The van der Waals surface area contributed by atoms with Gasteiger partial charge in [-0.3, -0.25) is 4.98 Å². The number of hydrogen-bond donors (Lipinski definition) is 0. The molecule has 0 aliphatic heterocycles. The highest BCUT2D eigenvalue weighted by Gasteiger charge is 2.05. The standard InChI is InChI=1S/C18H12N2S/c19-13-15(17-8-4-5-11-20-17)12-16-9-10-18(21-16)14-6-2-1-3-7-14/h1-12H/b15-12+. The molecule has 1 aromatic carbocycles. The fraction of sp³-hybridized carbons (Fsp3) is 0. The maximum atomic E-state index is 9.31. The van der Waals surface area contributed by atoms with Crippen LogP contribution in [0.5, 0.6) is 0 Å². The number of aromatic nitrogens is 1. The number of benzene rings is 1. The van der Waals surface area contributed by atoms with Gasteiger partial charge in [0.1, 0.15) is 6.07 Å². The molecule has 0 aliphatic carbocycles. The summed E-state index contributed by atoms with van der Waals surface area (Å²) in [6.07, 6.45) is 3.59. The number of thiophene rings is 1. The lowest BCUT2D eigenvalue weighted by Gasteiger charge is -1.96. The topological polar surface area (TPSA) is 36.7 Å². The van der Waals surface area contributed by atoms with Gasteiger partial charge in [0.2, 0.25) is 0 Å². The van der Waals surface area contributed by atoms with Crippen molar-refractivity contribution in [2.45, 2.75) is 0 Å². The van der Waals surface area contributed by atoms with Crippen LogP contribution in [0.15, 0.2) is 66.9 Å². The maximum Gasteiger partial charge on any atom is 0.101 e. The Balaban J connectivity index is 1.93. The van der Waals surface area contributed by atoms with Crippen LogP contribution in [0.1, 0.15) is 10.6 Å². The van der Waals surface area contributed by atoms with Gasteiger partial charge in [-0.15, -0.1) is 11.3 Å². The molecular formula is C18H12N2S. The second kappa shape index (κ2) is 6.17. The Morgan fingerprint density at radius 3 is 2.52 bits per heavy atom. The Kier molecular flexibility index (Phi) is 3.90. The average Bonchev–Trinajstić information content (AvgIpc) is 3.03. The molecule has 0 spiro atoms. The number of allylic oxidation sites excluding steroid dienone is 1. The fourth-order valence-electron chi connectivity index (χ4n) is 2.02. The van der Waals surface area contributed by atoms with Crippen LogP contribution in [0, 0.1) is 11.3 Å². The van der Waals surface area contributed by atoms with E-state index in [0.717, 1.165) is 4.88 Å². The quantitative estimate of drug-likeness (QED) is 0.644. The minimum atomic E-state index is 0.581. The second-order valence-electron chi connectivity index (χ2n) is 4.45. The summed E-state index contributed by atoms with van der Waals surface area (Å²) >= 11 is 1.67. The summed E-state index contributed by atoms with van der Waals surface area (Å²) in [4.78, 5) is 6.47. The van der Waals surface area contributed by atoms with Crippen molar-refractivity contribution in [3.8, 4) is 16.5 Å². The zero-order chi connectivity index (χ0) is 14.5. The molecule has 0 saturated heterocycles. The van der Waals surface area contributed by atoms with E-state index in [9.17, 15) is 5.26 Å². The van der Waals surface area contributed by atoms with E-state index in [1.54, 1.807) is 17.5 Å². The van der Waals surface area contributed by atoms with Gasteiger partial charge in [0.15, 0.2) is 0 Å². The molecule has 100 valence electrons. The predicted molar refractivity (Wildman–Crippen MR) is 87.5 cm³/mol. The lowest BCUT2D eigenvalue weighted by Crippen LogP contribution is -1.84. The van der Waals surface area contributed by atoms with Crippen LogP contribution in [0.25, 0.3) is 22.1 Å². The molecule has 0 fully saturated rings. The first-order valence-electron chi connectivity index (χ1n) is 6.55. The van der Waals surface area contributed by atoms with Crippen molar-refractivity contribution in [3.63, 3.8) is 0 Å². The monoisotopic (exact) mass is 288 g/mol. The largest absolute Gasteiger partial charge is 0.256 e. The van der Waals surface area contributed by atoms with Crippen molar-refractivity contribution in [1.82, 2.24) is 4.98 Å². The minimum absolute atomic E-state index is 0.581. The first kappa shape index (κ1) is 13.3. The average molecular weight is 288 g/mol. The molecule has 0 atom stereocenters. The number of pyridine rings is 1. The summed E-state index contributed by atoms with van der Waals surface area (Å²) in [5.41, 5.74) is 2.48. The van der Waals surface area contributed by atoms with E-state index in [1.807, 2.05) is 48.5 Å². The van der Waals surface area contributed by atoms with Crippen LogP contribution in [-0.2, 0) is 0 Å². The lowest BCUT2D eigenvalue weighted by atomic mass is 10.1. The third-order valence-electron chi connectivity index (χ3n) is 3.03. The maximum absolute atomic E-state index is 9.31. The van der Waals surface area contributed by atoms with Gasteiger partial charge >= 0.3 is 0 Å². The van der Waals surface area contributed by atoms with Crippen LogP contribution in [0.2, 0.25) is 0 Å². The van der Waals surface area contributed by atoms with Crippen molar-refractivity contribution in [2.75, 3.05) is 0 Å². The van der Waals surface area contributed by atoms with E-state index < -0.39 is 0 Å². The molecule has 2 nitrogen and oxygen atoms in total. The van der Waals surface area contributed by atoms with Gasteiger partial charge in [-0.05, 0) is 35.9 Å². The van der Waals surface area contributed by atoms with Crippen LogP contribution < -0.4 is 0 Å². The molecule has 0 radical (unpaired) electrons. The Labute approximate surface area is 127 Å². The van der Waals surface area contributed by atoms with Gasteiger partial charge in [-0.2, -0.15) is 5.26 Å². The van der Waals surface area contributed by atoms with E-state index in [0.29, 0.717) is 11.3 Å². The van der Waals surface area contributed by atoms with Crippen molar-refractivity contribution < 1.29 is 0 Å². The van der Waals surface area contributed by atoms with E-state index in [-0.39, 0.29) is 0 Å². The van der Waals surface area contributed by atoms with Gasteiger partial charge in [0.25, 0.3) is 0 Å². The smallest absolute Gasteiger partial charge is 0.101 e. The van der Waals surface area contributed by atoms with E-state index in [4.69, 9.17) is 0 Å². The third-order valence-corrected chi connectivity index (χ3v) is 4.11. The number of nitriles is 1. The lowest BCUT2D eigenvalue weighted by molar-refractivity contribution is 1.28. The summed E-state index contributed by atoms with van der Waals surface area (Å²) in [6, 6.07) is 22.2. The zero-order valence-electron chi connectivity index (χ0n) is 11.2. The molecular weight excluding hydrogens is 276 g/mol. The molecule has 0 bridgehead atoms. The third kappa shape index (κ3) is 3.07. The zero-order valence-corrected chi connectivity index (χ0v) is 12.0. The van der Waals surface area contributed by atoms with Gasteiger partial charge < -0.3 is 0 Å². The van der Waals surface area contributed by atoms with Gasteiger partial charge in [0, 0.05) is 16.0 Å². The van der Waals surface area contributed by atoms with Crippen LogP contribution in [0.4, 0.5) is 0 Å². The molecule has 2 aromatic heterocycles. The first-order valence-corrected chi connectivity index (χ1v) is 7.37. The second-order valence-corrected chi connectivity index (χ2v) is 5.57. The van der Waals surface area contributed by atoms with Gasteiger partial charge in [-0.1, -0.05) is 36.4 Å². The fourth-order valence-corrected chi connectivity index (χ4v) is 2.97. The highest BCUT2D eigenvalue weighted by Crippen LogP contribution is 2.30. The molecule has 2 heterocycles. The molecule has 0 N–H and O–H groups in total. The summed E-state index contributed by atoms with van der Waals surface area (Å²) in [5.74, 6) is 0. The van der Waals surface area contributed by atoms with Crippen molar-refractivity contribution >= 4 is 23.0 Å². The van der Waals surface area contributed by atoms with Crippen LogP contribution in [0.3, 0.4) is 0 Å². The summed E-state index contributed by atoms with van der Waals surface area (Å²) in [5, 5.41) is 9.31. The molecule has 0 unspecified atom stereocenters. The minimum Gasteiger partial charge on any atom is -0.256 e. The van der Waals surface area contributed by atoms with E-state index in [2.05, 4.69) is 29.3 Å². The molecule has 21 heavy (non-hydrogen) atoms. The molecule has 0 saturated carbocycles. The normalized spacial score (nSPS) is 11.1. The Morgan fingerprint density at radius 2 is 1.81 bits per heavy atom. The Morgan fingerprint density at radius 1 is 1.00 bits per heavy atom. The molecule has 0 amide bonds. The highest BCUT2D eigenvalue weighted by molar-refractivity contribution is 7.16. The Bertz CT molecular complexity index is 796. The first-order chi connectivity index (χ1) is 10.4. The van der Waals surface area contributed by atoms with E-state index >= 15 is 0 Å². The Hall–Kier alpha value is -2.70. The van der Waals surface area contributed by atoms with Gasteiger partial charge in [-0.25, -0.2) is 0 Å². The molecule has 3 aromatic rings. The van der Waals surface area contributed by atoms with Crippen molar-refractivity contribution in [2.24, 2.45) is 0 Å². The van der Waals surface area contributed by atoms with Crippen molar-refractivity contribution in [3.05, 3.63) is 77.4 Å². The van der Waals surface area contributed by atoms with Crippen LogP contribution >= 0.6 is 11.3 Å². The summed E-state index contributed by atoms with van der Waals surface area (Å²) in [7, 11) is 0. The number of nitrogens with zero attached hydrogens (tertiary/aromatic N) is 2. The molecule has 3 rings (SSSR count). The highest BCUT2D eigenvalue weighted by atomic mass is 32.1. The summed E-state index contributed by atoms with van der Waals surface area (Å²) in [6.45, 7) is 0. The SMILES string of the molecule is N#C/C(=C\c1ccc(-c2ccccc2)s1)c1ccccn1. The molecule has 3 heteroatoms. The summed E-state index contributed by atoms with van der Waals surface area (Å²) < 4.78 is 0. The van der Waals surface area contributed by atoms with E-state index in [1.165, 1.54) is 10.4 Å². The van der Waals surface area contributed by atoms with Crippen molar-refractivity contribution in [1.29, 1.82) is 5.26 Å². The number of hydrogen-bond acceptors (Lipinski definition) is 3. The van der Waals surface area contributed by atoms with Gasteiger partial charge in [0.05, 0.1) is 11.3 Å². The predicted octanol–water partition coefficient (Wildman–Crippen LogP) is 4.87. The number of rotatable bonds is 3. The van der Waals surface area contributed by atoms with Crippen LogP contribution in [-0.4, -0.2) is 4.98 Å².